The van der Waals surface area contributed by atoms with E-state index in [9.17, 15) is 14.7 Å². The van der Waals surface area contributed by atoms with E-state index in [1.165, 1.54) is 0 Å². The van der Waals surface area contributed by atoms with Crippen LogP contribution < -0.4 is 4.74 Å². The summed E-state index contributed by atoms with van der Waals surface area (Å²) in [4.78, 5) is 25.5. The highest BCUT2D eigenvalue weighted by Gasteiger charge is 2.39. The molecule has 0 radical (unpaired) electrons. The van der Waals surface area contributed by atoms with Gasteiger partial charge in [0.05, 0.1) is 6.42 Å². The molecule has 0 aromatic heterocycles. The third kappa shape index (κ3) is 5.99. The van der Waals surface area contributed by atoms with Gasteiger partial charge in [-0.1, -0.05) is 42.5 Å². The van der Waals surface area contributed by atoms with Gasteiger partial charge in [-0.15, -0.1) is 0 Å². The van der Waals surface area contributed by atoms with Crippen LogP contribution in [-0.2, 0) is 16.1 Å². The highest BCUT2D eigenvalue weighted by atomic mass is 16.6. The molecule has 6 heteroatoms. The summed E-state index contributed by atoms with van der Waals surface area (Å²) in [5.41, 5.74) is 1.45. The van der Waals surface area contributed by atoms with Gasteiger partial charge in [-0.25, -0.2) is 4.79 Å². The molecule has 1 fully saturated rings. The van der Waals surface area contributed by atoms with Crippen molar-refractivity contribution in [1.29, 1.82) is 0 Å². The van der Waals surface area contributed by atoms with Crippen molar-refractivity contribution in [2.75, 3.05) is 13.1 Å². The number of likely N-dealkylation sites (tertiary alicyclic amines) is 1. The molecule has 1 saturated heterocycles. The molecule has 1 aliphatic rings. The molecule has 0 saturated carbocycles. The zero-order chi connectivity index (χ0) is 21.7. The van der Waals surface area contributed by atoms with E-state index in [4.69, 9.17) is 9.47 Å². The zero-order valence-corrected chi connectivity index (χ0v) is 17.7. The predicted octanol–water partition coefficient (Wildman–Crippen LogP) is 4.69. The van der Waals surface area contributed by atoms with E-state index >= 15 is 0 Å². The van der Waals surface area contributed by atoms with Crippen LogP contribution >= 0.6 is 0 Å². The van der Waals surface area contributed by atoms with Gasteiger partial charge in [0.25, 0.3) is 0 Å². The lowest BCUT2D eigenvalue weighted by Gasteiger charge is -2.24. The molecule has 1 heterocycles. The monoisotopic (exact) mass is 411 g/mol. The number of aliphatic carboxylic acids is 1. The summed E-state index contributed by atoms with van der Waals surface area (Å²) in [6.45, 7) is 6.70. The number of carboxylic acid groups (broad SMARTS) is 1. The summed E-state index contributed by atoms with van der Waals surface area (Å²) in [7, 11) is 0. The Morgan fingerprint density at radius 1 is 1.07 bits per heavy atom. The van der Waals surface area contributed by atoms with E-state index in [1.807, 2.05) is 75.4 Å². The minimum atomic E-state index is -0.868. The first kappa shape index (κ1) is 21.7. The maximum atomic E-state index is 12.5. The average Bonchev–Trinajstić information content (AvgIpc) is 3.09. The molecule has 0 unspecified atom stereocenters. The largest absolute Gasteiger partial charge is 0.489 e. The molecule has 2 atom stereocenters. The zero-order valence-electron chi connectivity index (χ0n) is 17.7. The minimum absolute atomic E-state index is 0.000928. The van der Waals surface area contributed by atoms with E-state index in [0.29, 0.717) is 19.7 Å². The molecule has 6 nitrogen and oxygen atoms in total. The van der Waals surface area contributed by atoms with Crippen molar-refractivity contribution < 1.29 is 24.2 Å². The lowest BCUT2D eigenvalue weighted by atomic mass is 9.87. The fourth-order valence-corrected chi connectivity index (χ4v) is 3.73. The Balaban J connectivity index is 1.74. The van der Waals surface area contributed by atoms with Gasteiger partial charge in [-0.3, -0.25) is 4.79 Å². The average molecular weight is 411 g/mol. The molecule has 2 aromatic carbocycles. The third-order valence-corrected chi connectivity index (χ3v) is 5.06. The first-order valence-electron chi connectivity index (χ1n) is 10.2. The van der Waals surface area contributed by atoms with Crippen molar-refractivity contribution in [2.24, 2.45) is 5.92 Å². The maximum Gasteiger partial charge on any atom is 0.410 e. The second-order valence-corrected chi connectivity index (χ2v) is 8.70. The highest BCUT2D eigenvalue weighted by Crippen LogP contribution is 2.36. The Labute approximate surface area is 177 Å². The van der Waals surface area contributed by atoms with Gasteiger partial charge in [-0.05, 0) is 49.9 Å². The Bertz CT molecular complexity index is 875. The molecule has 1 amide bonds. The summed E-state index contributed by atoms with van der Waals surface area (Å²) in [6, 6.07) is 17.6. The lowest BCUT2D eigenvalue weighted by molar-refractivity contribution is -0.138. The van der Waals surface area contributed by atoms with Crippen LogP contribution in [0.2, 0.25) is 0 Å². The van der Waals surface area contributed by atoms with E-state index in [2.05, 4.69) is 0 Å². The SMILES string of the molecule is CC(C)(C)OC(=O)N1C[C@H](CC(=O)O)[C@H](c2cccc(OCc3ccccc3)c2)C1. The topological polar surface area (TPSA) is 76.1 Å². The number of hydrogen-bond donors (Lipinski definition) is 1. The van der Waals surface area contributed by atoms with Crippen LogP contribution in [0.1, 0.15) is 44.2 Å². The molecule has 160 valence electrons. The number of benzene rings is 2. The molecular weight excluding hydrogens is 382 g/mol. The number of ether oxygens (including phenoxy) is 2. The fourth-order valence-electron chi connectivity index (χ4n) is 3.73. The van der Waals surface area contributed by atoms with Crippen LogP contribution in [0, 0.1) is 5.92 Å². The molecule has 0 bridgehead atoms. The number of carboxylic acids is 1. The Morgan fingerprint density at radius 2 is 1.80 bits per heavy atom. The number of carbonyl (C=O) groups excluding carboxylic acids is 1. The van der Waals surface area contributed by atoms with Crippen LogP contribution in [0.15, 0.2) is 54.6 Å². The smallest absolute Gasteiger partial charge is 0.410 e. The van der Waals surface area contributed by atoms with Crippen molar-refractivity contribution >= 4 is 12.1 Å². The van der Waals surface area contributed by atoms with Crippen molar-refractivity contribution in [2.45, 2.75) is 45.3 Å². The fraction of sp³-hybridized carbons (Fsp3) is 0.417. The first-order valence-corrected chi connectivity index (χ1v) is 10.2. The van der Waals surface area contributed by atoms with E-state index in [-0.39, 0.29) is 18.3 Å². The van der Waals surface area contributed by atoms with E-state index in [1.54, 1.807) is 4.90 Å². The van der Waals surface area contributed by atoms with E-state index < -0.39 is 17.7 Å². The van der Waals surface area contributed by atoms with E-state index in [0.717, 1.165) is 16.9 Å². The Kier molecular flexibility index (Phi) is 6.65. The highest BCUT2D eigenvalue weighted by molar-refractivity contribution is 5.70. The van der Waals surface area contributed by atoms with Crippen LogP contribution in [-0.4, -0.2) is 40.8 Å². The predicted molar refractivity (Wildman–Crippen MR) is 114 cm³/mol. The number of nitrogens with zero attached hydrogens (tertiary/aromatic N) is 1. The van der Waals surface area contributed by atoms with Gasteiger partial charge in [-0.2, -0.15) is 0 Å². The normalized spacial score (nSPS) is 18.8. The molecule has 1 aliphatic heterocycles. The van der Waals surface area contributed by atoms with Crippen molar-refractivity contribution in [3.05, 3.63) is 65.7 Å². The number of carbonyl (C=O) groups is 2. The van der Waals surface area contributed by atoms with Gasteiger partial charge in [0, 0.05) is 19.0 Å². The molecule has 1 N–H and O–H groups in total. The standard InChI is InChI=1S/C24H29NO5/c1-24(2,3)30-23(28)25-14-19(13-22(26)27)21(15-25)18-10-7-11-20(12-18)29-16-17-8-5-4-6-9-17/h4-12,19,21H,13-16H2,1-3H3,(H,26,27)/t19-,21-/m0/s1. The lowest BCUT2D eigenvalue weighted by Crippen LogP contribution is -2.35. The maximum absolute atomic E-state index is 12.5. The van der Waals surface area contributed by atoms with Crippen LogP contribution in [0.25, 0.3) is 0 Å². The van der Waals surface area contributed by atoms with Crippen LogP contribution in [0.4, 0.5) is 4.79 Å². The van der Waals surface area contributed by atoms with Gasteiger partial charge < -0.3 is 19.5 Å². The van der Waals surface area contributed by atoms with Crippen molar-refractivity contribution in [3.63, 3.8) is 0 Å². The quantitative estimate of drug-likeness (QED) is 0.746. The second kappa shape index (κ2) is 9.20. The minimum Gasteiger partial charge on any atom is -0.489 e. The number of hydrogen-bond acceptors (Lipinski definition) is 4. The third-order valence-electron chi connectivity index (χ3n) is 5.06. The van der Waals surface area contributed by atoms with Gasteiger partial charge in [0.1, 0.15) is 18.0 Å². The Hall–Kier alpha value is -3.02. The van der Waals surface area contributed by atoms with Gasteiger partial charge in [0.2, 0.25) is 0 Å². The molecule has 0 aliphatic carbocycles. The molecular formula is C24H29NO5. The summed E-state index contributed by atoms with van der Waals surface area (Å²) in [5.74, 6) is -0.415. The summed E-state index contributed by atoms with van der Waals surface area (Å²) in [5, 5.41) is 9.36. The van der Waals surface area contributed by atoms with Gasteiger partial charge in [0.15, 0.2) is 0 Å². The number of rotatable bonds is 6. The molecule has 0 spiro atoms. The van der Waals surface area contributed by atoms with Gasteiger partial charge >= 0.3 is 12.1 Å². The van der Waals surface area contributed by atoms with Crippen LogP contribution in [0.5, 0.6) is 5.75 Å². The summed E-state index contributed by atoms with van der Waals surface area (Å²) < 4.78 is 11.4. The molecule has 30 heavy (non-hydrogen) atoms. The second-order valence-electron chi connectivity index (χ2n) is 8.70. The number of amides is 1. The van der Waals surface area contributed by atoms with Crippen molar-refractivity contribution in [1.82, 2.24) is 4.90 Å². The summed E-state index contributed by atoms with van der Waals surface area (Å²) in [6.07, 6.45) is -0.407. The van der Waals surface area contributed by atoms with Crippen molar-refractivity contribution in [3.8, 4) is 5.75 Å². The Morgan fingerprint density at radius 3 is 2.47 bits per heavy atom. The summed E-state index contributed by atoms with van der Waals surface area (Å²) >= 11 is 0. The van der Waals surface area contributed by atoms with Crippen LogP contribution in [0.3, 0.4) is 0 Å². The molecule has 2 aromatic rings. The molecule has 3 rings (SSSR count). The first-order chi connectivity index (χ1) is 14.2.